The topological polar surface area (TPSA) is 146 Å². The average molecular weight is 408 g/mol. The Morgan fingerprint density at radius 1 is 1.04 bits per heavy atom. The maximum absolute atomic E-state index is 12.7. The van der Waals surface area contributed by atoms with E-state index < -0.39 is 16.1 Å². The van der Waals surface area contributed by atoms with Crippen LogP contribution in [0.2, 0.25) is 0 Å². The van der Waals surface area contributed by atoms with Gasteiger partial charge in [-0.25, -0.2) is 9.52 Å². The molecule has 148 valence electrons. The molecule has 3 rings (SSSR count). The molecule has 2 N–H and O–H groups in total. The quantitative estimate of drug-likeness (QED) is 0.600. The molecule has 0 saturated heterocycles. The Balaban J connectivity index is 1.88. The third-order valence-electron chi connectivity index (χ3n) is 3.45. The third-order valence-corrected chi connectivity index (χ3v) is 4.79. The van der Waals surface area contributed by atoms with E-state index in [1.54, 1.807) is 18.2 Å². The molecule has 3 aromatic heterocycles. The molecule has 0 aromatic carbocycles. The van der Waals surface area contributed by atoms with Crippen molar-refractivity contribution in [1.29, 1.82) is 0 Å². The van der Waals surface area contributed by atoms with Gasteiger partial charge in [-0.1, -0.05) is 6.07 Å². The molecule has 0 atom stereocenters. The van der Waals surface area contributed by atoms with Crippen LogP contribution in [0.3, 0.4) is 0 Å². The van der Waals surface area contributed by atoms with Gasteiger partial charge in [0.05, 0.1) is 27.4 Å². The molecule has 0 unspecified atom stereocenters. The molecule has 0 aliphatic carbocycles. The van der Waals surface area contributed by atoms with Crippen LogP contribution in [0.5, 0.6) is 17.6 Å². The molecule has 0 fully saturated rings. The minimum Gasteiger partial charge on any atom is -0.481 e. The monoisotopic (exact) mass is 408 g/mol. The Kier molecular flexibility index (Phi) is 5.17. The van der Waals surface area contributed by atoms with E-state index in [1.165, 1.54) is 38.0 Å². The molecule has 0 aliphatic rings. The molecule has 0 aliphatic heterocycles. The Bertz CT molecular complexity index is 1110. The van der Waals surface area contributed by atoms with Crippen molar-refractivity contribution in [3.8, 4) is 17.6 Å². The van der Waals surface area contributed by atoms with Crippen LogP contribution in [-0.4, -0.2) is 55.1 Å². The molecular weight excluding hydrogens is 392 g/mol. The number of anilines is 1. The molecule has 28 heavy (non-hydrogen) atoms. The number of methoxy groups -OCH3 is 3. The molecule has 0 spiro atoms. The summed E-state index contributed by atoms with van der Waals surface area (Å²) in [7, 11) is -0.330. The highest BCUT2D eigenvalue weighted by atomic mass is 32.2. The molecule has 0 radical (unpaired) electrons. The summed E-state index contributed by atoms with van der Waals surface area (Å²) >= 11 is 0. The van der Waals surface area contributed by atoms with Gasteiger partial charge in [0.2, 0.25) is 22.7 Å². The molecule has 13 heteroatoms. The molecule has 0 bridgehead atoms. The van der Waals surface area contributed by atoms with Gasteiger partial charge in [0.15, 0.2) is 0 Å². The van der Waals surface area contributed by atoms with Crippen molar-refractivity contribution in [2.45, 2.75) is 5.03 Å². The number of amides is 2. The van der Waals surface area contributed by atoms with E-state index in [0.29, 0.717) is 5.65 Å². The van der Waals surface area contributed by atoms with Crippen LogP contribution in [-0.2, 0) is 10.0 Å². The summed E-state index contributed by atoms with van der Waals surface area (Å²) in [5, 5.41) is 1.88. The first-order chi connectivity index (χ1) is 13.4. The predicted molar refractivity (Wildman–Crippen MR) is 96.2 cm³/mol. The Morgan fingerprint density at radius 3 is 2.32 bits per heavy atom. The second kappa shape index (κ2) is 7.56. The summed E-state index contributed by atoms with van der Waals surface area (Å²) in [6.45, 7) is 0. The van der Waals surface area contributed by atoms with Crippen molar-refractivity contribution in [2.24, 2.45) is 0 Å². The van der Waals surface area contributed by atoms with Crippen molar-refractivity contribution in [3.63, 3.8) is 0 Å². The lowest BCUT2D eigenvalue weighted by Crippen LogP contribution is -2.35. The lowest BCUT2D eigenvalue weighted by atomic mass is 10.5. The Labute approximate surface area is 159 Å². The second-order valence-corrected chi connectivity index (χ2v) is 6.79. The molecular formula is C15H16N6O6S. The Morgan fingerprint density at radius 2 is 1.71 bits per heavy atom. The van der Waals surface area contributed by atoms with Crippen LogP contribution in [0.25, 0.3) is 5.65 Å². The van der Waals surface area contributed by atoms with Crippen LogP contribution >= 0.6 is 0 Å². The highest BCUT2D eigenvalue weighted by Crippen LogP contribution is 2.24. The number of carbonyl (C=O) groups is 1. The van der Waals surface area contributed by atoms with Gasteiger partial charge in [0.1, 0.15) is 5.65 Å². The minimum absolute atomic E-state index is 0.119. The number of sulfonamides is 1. The van der Waals surface area contributed by atoms with Crippen molar-refractivity contribution in [3.05, 3.63) is 30.5 Å². The zero-order chi connectivity index (χ0) is 20.3. The highest BCUT2D eigenvalue weighted by molar-refractivity contribution is 7.90. The van der Waals surface area contributed by atoms with E-state index in [1.807, 2.05) is 4.72 Å². The molecule has 0 saturated carbocycles. The largest absolute Gasteiger partial charge is 0.481 e. The van der Waals surface area contributed by atoms with Crippen LogP contribution in [0.15, 0.2) is 35.5 Å². The number of hydrogen-bond donors (Lipinski definition) is 2. The van der Waals surface area contributed by atoms with E-state index in [-0.39, 0.29) is 28.6 Å². The summed E-state index contributed by atoms with van der Waals surface area (Å²) < 4.78 is 43.6. The zero-order valence-corrected chi connectivity index (χ0v) is 15.8. The maximum atomic E-state index is 12.7. The summed E-state index contributed by atoms with van der Waals surface area (Å²) in [5.41, 5.74) is 0.334. The van der Waals surface area contributed by atoms with Crippen molar-refractivity contribution in [2.75, 3.05) is 26.6 Å². The zero-order valence-electron chi connectivity index (χ0n) is 15.0. The number of imidazole rings is 1. The SMILES string of the molecule is COc1cc(OC)nc(NC(=O)NS(=O)(=O)c2c(OC)nc3ccccn23)n1. The van der Waals surface area contributed by atoms with Crippen LogP contribution in [0, 0.1) is 0 Å². The molecule has 3 aromatic rings. The van der Waals surface area contributed by atoms with E-state index in [2.05, 4.69) is 20.3 Å². The van der Waals surface area contributed by atoms with Gasteiger partial charge >= 0.3 is 6.03 Å². The first-order valence-corrected chi connectivity index (χ1v) is 9.18. The number of hydrogen-bond acceptors (Lipinski definition) is 9. The summed E-state index contributed by atoms with van der Waals surface area (Å²) in [5.74, 6) is -0.137. The van der Waals surface area contributed by atoms with Gasteiger partial charge in [0.25, 0.3) is 15.9 Å². The first-order valence-electron chi connectivity index (χ1n) is 7.70. The smallest absolute Gasteiger partial charge is 0.335 e. The molecule has 3 heterocycles. The standard InChI is InChI=1S/C15H16N6O6S/c1-25-10-8-11(26-2)18-14(17-10)19-15(22)20-28(23,24)13-12(27-3)16-9-6-4-5-7-21(9)13/h4-8H,1-3H3,(H2,17,18,19,20,22). The van der Waals surface area contributed by atoms with E-state index in [9.17, 15) is 13.2 Å². The van der Waals surface area contributed by atoms with Gasteiger partial charge in [-0.2, -0.15) is 23.4 Å². The number of aromatic nitrogens is 4. The lowest BCUT2D eigenvalue weighted by Gasteiger charge is -2.10. The van der Waals surface area contributed by atoms with Gasteiger partial charge in [-0.05, 0) is 12.1 Å². The fraction of sp³-hybridized carbons (Fsp3) is 0.200. The number of nitrogens with one attached hydrogen (secondary N) is 2. The van der Waals surface area contributed by atoms with E-state index in [0.717, 1.165) is 0 Å². The van der Waals surface area contributed by atoms with Crippen LogP contribution in [0.1, 0.15) is 0 Å². The van der Waals surface area contributed by atoms with Crippen LogP contribution in [0.4, 0.5) is 10.7 Å². The number of carbonyl (C=O) groups excluding carboxylic acids is 1. The average Bonchev–Trinajstić information content (AvgIpc) is 3.06. The normalized spacial score (nSPS) is 11.1. The fourth-order valence-electron chi connectivity index (χ4n) is 2.30. The Hall–Kier alpha value is -3.61. The number of nitrogens with zero attached hydrogens (tertiary/aromatic N) is 4. The summed E-state index contributed by atoms with van der Waals surface area (Å²) in [6.07, 6.45) is 1.48. The summed E-state index contributed by atoms with van der Waals surface area (Å²) in [6, 6.07) is 5.19. The van der Waals surface area contributed by atoms with Crippen molar-refractivity contribution in [1.82, 2.24) is 24.1 Å². The lowest BCUT2D eigenvalue weighted by molar-refractivity contribution is 0.256. The number of pyridine rings is 1. The number of urea groups is 1. The van der Waals surface area contributed by atoms with Gasteiger partial charge < -0.3 is 14.2 Å². The summed E-state index contributed by atoms with van der Waals surface area (Å²) in [4.78, 5) is 24.1. The van der Waals surface area contributed by atoms with Gasteiger partial charge in [-0.3, -0.25) is 9.72 Å². The highest BCUT2D eigenvalue weighted by Gasteiger charge is 2.28. The third kappa shape index (κ3) is 3.73. The van der Waals surface area contributed by atoms with E-state index >= 15 is 0 Å². The van der Waals surface area contributed by atoms with Gasteiger partial charge in [0, 0.05) is 6.20 Å². The number of rotatable bonds is 6. The molecule has 12 nitrogen and oxygen atoms in total. The van der Waals surface area contributed by atoms with Crippen molar-refractivity contribution < 1.29 is 27.4 Å². The number of ether oxygens (including phenoxy) is 3. The van der Waals surface area contributed by atoms with Crippen molar-refractivity contribution >= 4 is 27.6 Å². The maximum Gasteiger partial charge on any atom is 0.335 e. The van der Waals surface area contributed by atoms with Gasteiger partial charge in [-0.15, -0.1) is 0 Å². The minimum atomic E-state index is -4.34. The fourth-order valence-corrected chi connectivity index (χ4v) is 3.46. The molecule has 2 amide bonds. The van der Waals surface area contributed by atoms with E-state index in [4.69, 9.17) is 14.2 Å². The predicted octanol–water partition coefficient (Wildman–Crippen LogP) is 0.660. The van der Waals surface area contributed by atoms with Crippen LogP contribution < -0.4 is 24.2 Å². The second-order valence-electron chi connectivity index (χ2n) is 5.19. The first kappa shape index (κ1) is 19.2. The number of fused-ring (bicyclic) bond motifs is 1.